The third-order valence-corrected chi connectivity index (χ3v) is 1.11. The molecule has 0 aromatic heterocycles. The number of rotatable bonds is 1. The van der Waals surface area contributed by atoms with Crippen molar-refractivity contribution in [1.82, 2.24) is 0 Å². The predicted molar refractivity (Wildman–Crippen MR) is 39.2 cm³/mol. The molecule has 0 bridgehead atoms. The third-order valence-electron chi connectivity index (χ3n) is 1.11. The summed E-state index contributed by atoms with van der Waals surface area (Å²) in [6, 6.07) is 0. The standard InChI is InChI=1S/C5H8O2.2ClH/c1-7-5(6)4-2-3-4;;/h4H,2-3H2,1H3;2*1H. The Labute approximate surface area is 66.8 Å². The smallest absolute Gasteiger partial charge is 0.308 e. The molecule has 0 saturated heterocycles. The zero-order valence-electron chi connectivity index (χ0n) is 5.12. The highest BCUT2D eigenvalue weighted by atomic mass is 35.5. The van der Waals surface area contributed by atoms with Gasteiger partial charge in [0, 0.05) is 0 Å². The Hall–Kier alpha value is 0.0500. The molecule has 1 fully saturated rings. The molecule has 0 aliphatic heterocycles. The van der Waals surface area contributed by atoms with Gasteiger partial charge in [-0.2, -0.15) is 0 Å². The minimum absolute atomic E-state index is 0. The van der Waals surface area contributed by atoms with Gasteiger partial charge in [0.1, 0.15) is 0 Å². The second-order valence-corrected chi connectivity index (χ2v) is 1.80. The number of carbonyl (C=O) groups excluding carboxylic acids is 1. The molecule has 2 nitrogen and oxygen atoms in total. The SMILES string of the molecule is COC(=O)C1CC1.Cl.Cl. The van der Waals surface area contributed by atoms with E-state index >= 15 is 0 Å². The molecule has 0 radical (unpaired) electrons. The van der Waals surface area contributed by atoms with Crippen LogP contribution in [0.15, 0.2) is 0 Å². The van der Waals surface area contributed by atoms with Crippen molar-refractivity contribution in [1.29, 1.82) is 0 Å². The van der Waals surface area contributed by atoms with Crippen LogP contribution in [0.4, 0.5) is 0 Å². The highest BCUT2D eigenvalue weighted by Gasteiger charge is 2.30. The van der Waals surface area contributed by atoms with Gasteiger partial charge >= 0.3 is 5.97 Å². The van der Waals surface area contributed by atoms with Crippen LogP contribution in [0.3, 0.4) is 0 Å². The summed E-state index contributed by atoms with van der Waals surface area (Å²) in [6.45, 7) is 0. The van der Waals surface area contributed by atoms with Crippen LogP contribution >= 0.6 is 24.8 Å². The van der Waals surface area contributed by atoms with Crippen molar-refractivity contribution in [2.24, 2.45) is 5.92 Å². The fourth-order valence-corrected chi connectivity index (χ4v) is 0.486. The van der Waals surface area contributed by atoms with Crippen molar-refractivity contribution in [3.05, 3.63) is 0 Å². The summed E-state index contributed by atoms with van der Waals surface area (Å²) in [6.07, 6.45) is 2.07. The maximum atomic E-state index is 10.4. The fraction of sp³-hybridized carbons (Fsp3) is 0.800. The van der Waals surface area contributed by atoms with Crippen molar-refractivity contribution in [3.63, 3.8) is 0 Å². The summed E-state index contributed by atoms with van der Waals surface area (Å²) >= 11 is 0. The monoisotopic (exact) mass is 172 g/mol. The second kappa shape index (κ2) is 4.89. The van der Waals surface area contributed by atoms with Crippen LogP contribution in [0.1, 0.15) is 12.8 Å². The molecule has 0 N–H and O–H groups in total. The summed E-state index contributed by atoms with van der Waals surface area (Å²) in [5.74, 6) is 0.213. The lowest BCUT2D eigenvalue weighted by molar-refractivity contribution is -0.142. The normalized spacial score (nSPS) is 14.8. The van der Waals surface area contributed by atoms with E-state index in [9.17, 15) is 4.79 Å². The number of hydrogen-bond donors (Lipinski definition) is 0. The first kappa shape index (κ1) is 11.8. The summed E-state index contributed by atoms with van der Waals surface area (Å²) in [7, 11) is 1.43. The molecular formula is C5H10Cl2O2. The van der Waals surface area contributed by atoms with Crippen molar-refractivity contribution in [3.8, 4) is 0 Å². The van der Waals surface area contributed by atoms with Gasteiger partial charge in [-0.15, -0.1) is 24.8 Å². The zero-order valence-corrected chi connectivity index (χ0v) is 6.76. The van der Waals surface area contributed by atoms with Crippen LogP contribution in [0.2, 0.25) is 0 Å². The van der Waals surface area contributed by atoms with E-state index in [0.29, 0.717) is 0 Å². The minimum atomic E-state index is -0.0417. The van der Waals surface area contributed by atoms with Gasteiger partial charge in [0.15, 0.2) is 0 Å². The van der Waals surface area contributed by atoms with E-state index in [2.05, 4.69) is 4.74 Å². The zero-order chi connectivity index (χ0) is 5.28. The van der Waals surface area contributed by atoms with Crippen LogP contribution < -0.4 is 0 Å². The summed E-state index contributed by atoms with van der Waals surface area (Å²) < 4.78 is 4.44. The first-order valence-corrected chi connectivity index (χ1v) is 2.42. The molecule has 1 saturated carbocycles. The lowest BCUT2D eigenvalue weighted by Crippen LogP contribution is -2.00. The average molecular weight is 173 g/mol. The Morgan fingerprint density at radius 3 is 2.00 bits per heavy atom. The molecular weight excluding hydrogens is 163 g/mol. The number of hydrogen-bond acceptors (Lipinski definition) is 2. The molecule has 56 valence electrons. The van der Waals surface area contributed by atoms with Crippen LogP contribution in [-0.4, -0.2) is 13.1 Å². The van der Waals surface area contributed by atoms with Gasteiger partial charge in [-0.3, -0.25) is 4.79 Å². The number of ether oxygens (including phenoxy) is 1. The van der Waals surface area contributed by atoms with Crippen molar-refractivity contribution >= 4 is 30.8 Å². The molecule has 0 heterocycles. The van der Waals surface area contributed by atoms with E-state index < -0.39 is 0 Å². The molecule has 0 aromatic rings. The van der Waals surface area contributed by atoms with Crippen LogP contribution in [-0.2, 0) is 9.53 Å². The number of halogens is 2. The largest absolute Gasteiger partial charge is 0.469 e. The quantitative estimate of drug-likeness (QED) is 0.560. The molecule has 1 aliphatic carbocycles. The lowest BCUT2D eigenvalue weighted by Gasteiger charge is -1.89. The van der Waals surface area contributed by atoms with Gasteiger partial charge in [-0.1, -0.05) is 0 Å². The van der Waals surface area contributed by atoms with Gasteiger partial charge in [-0.05, 0) is 12.8 Å². The predicted octanol–water partition coefficient (Wildman–Crippen LogP) is 1.41. The average Bonchev–Trinajstić information content (AvgIpc) is 2.44. The maximum Gasteiger partial charge on any atom is 0.308 e. The number of esters is 1. The number of methoxy groups -OCH3 is 1. The molecule has 9 heavy (non-hydrogen) atoms. The Kier molecular flexibility index (Phi) is 6.40. The van der Waals surface area contributed by atoms with Crippen LogP contribution in [0.25, 0.3) is 0 Å². The molecule has 0 atom stereocenters. The molecule has 1 rings (SSSR count). The topological polar surface area (TPSA) is 26.3 Å². The van der Waals surface area contributed by atoms with Crippen molar-refractivity contribution in [2.45, 2.75) is 12.8 Å². The van der Waals surface area contributed by atoms with Gasteiger partial charge in [0.2, 0.25) is 0 Å². The Balaban J connectivity index is 0. The number of carbonyl (C=O) groups is 1. The Bertz CT molecular complexity index is 91.0. The molecule has 4 heteroatoms. The van der Waals surface area contributed by atoms with Gasteiger partial charge in [0.05, 0.1) is 13.0 Å². The maximum absolute atomic E-state index is 10.4. The van der Waals surface area contributed by atoms with Crippen molar-refractivity contribution in [2.75, 3.05) is 7.11 Å². The first-order chi connectivity index (χ1) is 3.34. The molecule has 0 amide bonds. The van der Waals surface area contributed by atoms with Crippen LogP contribution in [0, 0.1) is 5.92 Å². The Morgan fingerprint density at radius 1 is 1.44 bits per heavy atom. The summed E-state index contributed by atoms with van der Waals surface area (Å²) in [5, 5.41) is 0. The van der Waals surface area contributed by atoms with E-state index in [0.717, 1.165) is 12.8 Å². The lowest BCUT2D eigenvalue weighted by atomic mass is 10.4. The molecule has 1 aliphatic rings. The summed E-state index contributed by atoms with van der Waals surface area (Å²) in [4.78, 5) is 10.4. The van der Waals surface area contributed by atoms with Gasteiger partial charge in [-0.25, -0.2) is 0 Å². The van der Waals surface area contributed by atoms with E-state index in [1.807, 2.05) is 0 Å². The third kappa shape index (κ3) is 3.60. The first-order valence-electron chi connectivity index (χ1n) is 2.42. The van der Waals surface area contributed by atoms with Gasteiger partial charge < -0.3 is 4.74 Å². The van der Waals surface area contributed by atoms with E-state index in [1.165, 1.54) is 7.11 Å². The molecule has 0 unspecified atom stereocenters. The van der Waals surface area contributed by atoms with Gasteiger partial charge in [0.25, 0.3) is 0 Å². The van der Waals surface area contributed by atoms with Crippen molar-refractivity contribution < 1.29 is 9.53 Å². The highest BCUT2D eigenvalue weighted by molar-refractivity contribution is 5.85. The minimum Gasteiger partial charge on any atom is -0.469 e. The highest BCUT2D eigenvalue weighted by Crippen LogP contribution is 2.29. The van der Waals surface area contributed by atoms with E-state index in [-0.39, 0.29) is 36.7 Å². The second-order valence-electron chi connectivity index (χ2n) is 1.80. The Morgan fingerprint density at radius 2 is 1.89 bits per heavy atom. The summed E-state index contributed by atoms with van der Waals surface area (Å²) in [5.41, 5.74) is 0. The van der Waals surface area contributed by atoms with E-state index in [1.54, 1.807) is 0 Å². The molecule has 0 aromatic carbocycles. The fourth-order valence-electron chi connectivity index (χ4n) is 0.486. The van der Waals surface area contributed by atoms with Crippen LogP contribution in [0.5, 0.6) is 0 Å². The van der Waals surface area contributed by atoms with E-state index in [4.69, 9.17) is 0 Å². The molecule has 0 spiro atoms.